The second-order valence-corrected chi connectivity index (χ2v) is 4.79. The van der Waals surface area contributed by atoms with Gasteiger partial charge >= 0.3 is 0 Å². The quantitative estimate of drug-likeness (QED) is 0.684. The van der Waals surface area contributed by atoms with Gasteiger partial charge in [-0.25, -0.2) is 0 Å². The van der Waals surface area contributed by atoms with Crippen molar-refractivity contribution in [3.05, 3.63) is 0 Å². The highest BCUT2D eigenvalue weighted by molar-refractivity contribution is 4.92. The molecule has 0 radical (unpaired) electrons. The molecule has 3 nitrogen and oxygen atoms in total. The molecule has 0 aliphatic carbocycles. The molecule has 0 bridgehead atoms. The van der Waals surface area contributed by atoms with Crippen LogP contribution in [-0.4, -0.2) is 48.0 Å². The number of ether oxygens (including phenoxy) is 1. The second kappa shape index (κ2) is 4.17. The van der Waals surface area contributed by atoms with Crippen molar-refractivity contribution >= 4 is 0 Å². The molecule has 3 heteroatoms. The average Bonchev–Trinajstić information content (AvgIpc) is 2.18. The van der Waals surface area contributed by atoms with Crippen LogP contribution in [0.1, 0.15) is 32.6 Å². The van der Waals surface area contributed by atoms with Crippen LogP contribution in [0, 0.1) is 0 Å². The predicted molar refractivity (Wildman–Crippen MR) is 55.3 cm³/mol. The molecule has 0 unspecified atom stereocenters. The summed E-state index contributed by atoms with van der Waals surface area (Å²) in [4.78, 5) is 2.41. The highest BCUT2D eigenvalue weighted by atomic mass is 16.5. The first-order valence-corrected chi connectivity index (χ1v) is 5.74. The van der Waals surface area contributed by atoms with Crippen LogP contribution in [0.15, 0.2) is 0 Å². The Morgan fingerprint density at radius 2 is 2.00 bits per heavy atom. The van der Waals surface area contributed by atoms with Crippen LogP contribution in [0.2, 0.25) is 0 Å². The average molecular weight is 199 g/mol. The number of piperidine rings is 1. The summed E-state index contributed by atoms with van der Waals surface area (Å²) in [5, 5.41) is 10.3. The molecule has 0 amide bonds. The summed E-state index contributed by atoms with van der Waals surface area (Å²) in [5.41, 5.74) is -0.546. The number of likely N-dealkylation sites (tertiary alicyclic amines) is 1. The van der Waals surface area contributed by atoms with E-state index in [9.17, 15) is 5.11 Å². The molecule has 0 spiro atoms. The van der Waals surface area contributed by atoms with E-state index in [0.717, 1.165) is 19.5 Å². The summed E-state index contributed by atoms with van der Waals surface area (Å²) < 4.78 is 5.47. The Morgan fingerprint density at radius 3 is 2.64 bits per heavy atom. The molecule has 2 atom stereocenters. The van der Waals surface area contributed by atoms with E-state index < -0.39 is 5.60 Å². The summed E-state index contributed by atoms with van der Waals surface area (Å²) >= 11 is 0. The van der Waals surface area contributed by atoms with E-state index in [2.05, 4.69) is 4.90 Å². The molecule has 2 saturated heterocycles. The third-order valence-electron chi connectivity index (χ3n) is 3.58. The van der Waals surface area contributed by atoms with Crippen molar-refractivity contribution in [1.82, 2.24) is 4.90 Å². The Bertz CT molecular complexity index is 188. The van der Waals surface area contributed by atoms with Crippen molar-refractivity contribution < 1.29 is 9.84 Å². The minimum absolute atomic E-state index is 0.219. The molecule has 0 aromatic rings. The summed E-state index contributed by atoms with van der Waals surface area (Å²) in [6, 6.07) is 0.219. The minimum Gasteiger partial charge on any atom is -0.388 e. The minimum atomic E-state index is -0.546. The molecular weight excluding hydrogens is 178 g/mol. The fourth-order valence-electron chi connectivity index (χ4n) is 2.55. The molecule has 1 N–H and O–H groups in total. The summed E-state index contributed by atoms with van der Waals surface area (Å²) in [6.07, 6.45) is 4.65. The molecule has 82 valence electrons. The van der Waals surface area contributed by atoms with Gasteiger partial charge in [-0.1, -0.05) is 6.42 Å². The van der Waals surface area contributed by atoms with Gasteiger partial charge in [-0.2, -0.15) is 0 Å². The van der Waals surface area contributed by atoms with Crippen LogP contribution in [0.25, 0.3) is 0 Å². The van der Waals surface area contributed by atoms with Gasteiger partial charge in [0.1, 0.15) is 0 Å². The lowest BCUT2D eigenvalue weighted by molar-refractivity contribution is -0.122. The Morgan fingerprint density at radius 1 is 1.29 bits per heavy atom. The number of aliphatic hydroxyl groups is 1. The Balaban J connectivity index is 1.99. The SMILES string of the molecule is C[C@@]1(O)CCOC[C@H]1N1CCCCC1. The van der Waals surface area contributed by atoms with Crippen LogP contribution < -0.4 is 0 Å². The smallest absolute Gasteiger partial charge is 0.0818 e. The lowest BCUT2D eigenvalue weighted by Crippen LogP contribution is -2.57. The molecular formula is C11H21NO2. The zero-order valence-electron chi connectivity index (χ0n) is 9.04. The van der Waals surface area contributed by atoms with Crippen LogP contribution in [0.4, 0.5) is 0 Å². The van der Waals surface area contributed by atoms with Gasteiger partial charge in [0, 0.05) is 13.0 Å². The Kier molecular flexibility index (Phi) is 3.10. The number of hydrogen-bond donors (Lipinski definition) is 1. The monoisotopic (exact) mass is 199 g/mol. The maximum absolute atomic E-state index is 10.3. The van der Waals surface area contributed by atoms with Gasteiger partial charge in [0.15, 0.2) is 0 Å². The van der Waals surface area contributed by atoms with E-state index in [1.54, 1.807) is 0 Å². The number of rotatable bonds is 1. The molecule has 2 heterocycles. The van der Waals surface area contributed by atoms with E-state index in [4.69, 9.17) is 4.74 Å². The first kappa shape index (κ1) is 10.4. The zero-order chi connectivity index (χ0) is 10.0. The molecule has 2 aliphatic heterocycles. The maximum atomic E-state index is 10.3. The van der Waals surface area contributed by atoms with Crippen molar-refractivity contribution in [3.63, 3.8) is 0 Å². The standard InChI is InChI=1S/C11H21NO2/c1-11(13)5-8-14-9-10(11)12-6-3-2-4-7-12/h10,13H,2-9H2,1H3/t10-,11-/m1/s1. The fourth-order valence-corrected chi connectivity index (χ4v) is 2.55. The van der Waals surface area contributed by atoms with Crippen molar-refractivity contribution in [2.24, 2.45) is 0 Å². The van der Waals surface area contributed by atoms with E-state index in [1.807, 2.05) is 6.92 Å². The number of hydrogen-bond acceptors (Lipinski definition) is 3. The molecule has 2 aliphatic rings. The van der Waals surface area contributed by atoms with Crippen LogP contribution in [0.3, 0.4) is 0 Å². The van der Waals surface area contributed by atoms with Crippen molar-refractivity contribution in [2.75, 3.05) is 26.3 Å². The molecule has 14 heavy (non-hydrogen) atoms. The predicted octanol–water partition coefficient (Wildman–Crippen LogP) is 1.01. The zero-order valence-corrected chi connectivity index (χ0v) is 9.04. The van der Waals surface area contributed by atoms with Gasteiger partial charge in [0.25, 0.3) is 0 Å². The Labute approximate surface area is 86.0 Å². The Hall–Kier alpha value is -0.120. The largest absolute Gasteiger partial charge is 0.388 e. The summed E-state index contributed by atoms with van der Waals surface area (Å²) in [5.74, 6) is 0. The third-order valence-corrected chi connectivity index (χ3v) is 3.58. The van der Waals surface area contributed by atoms with Gasteiger partial charge in [-0.15, -0.1) is 0 Å². The highest BCUT2D eigenvalue weighted by Gasteiger charge is 2.39. The van der Waals surface area contributed by atoms with E-state index >= 15 is 0 Å². The normalized spacial score (nSPS) is 41.1. The van der Waals surface area contributed by atoms with Crippen molar-refractivity contribution in [2.45, 2.75) is 44.2 Å². The van der Waals surface area contributed by atoms with E-state index in [1.165, 1.54) is 19.3 Å². The third kappa shape index (κ3) is 2.10. The highest BCUT2D eigenvalue weighted by Crippen LogP contribution is 2.26. The first-order valence-electron chi connectivity index (χ1n) is 5.74. The van der Waals surface area contributed by atoms with Gasteiger partial charge in [-0.3, -0.25) is 4.90 Å². The van der Waals surface area contributed by atoms with Gasteiger partial charge in [-0.05, 0) is 32.9 Å². The van der Waals surface area contributed by atoms with Gasteiger partial charge in [0.05, 0.1) is 18.2 Å². The van der Waals surface area contributed by atoms with Crippen molar-refractivity contribution in [3.8, 4) is 0 Å². The van der Waals surface area contributed by atoms with Crippen LogP contribution >= 0.6 is 0 Å². The molecule has 2 fully saturated rings. The van der Waals surface area contributed by atoms with E-state index in [0.29, 0.717) is 13.2 Å². The summed E-state index contributed by atoms with van der Waals surface area (Å²) in [6.45, 7) is 5.62. The molecule has 0 aromatic carbocycles. The maximum Gasteiger partial charge on any atom is 0.0818 e. The second-order valence-electron chi connectivity index (χ2n) is 4.79. The van der Waals surface area contributed by atoms with Crippen molar-refractivity contribution in [1.29, 1.82) is 0 Å². The van der Waals surface area contributed by atoms with Gasteiger partial charge in [0.2, 0.25) is 0 Å². The molecule has 0 aromatic heterocycles. The lowest BCUT2D eigenvalue weighted by Gasteiger charge is -2.45. The topological polar surface area (TPSA) is 32.7 Å². The van der Waals surface area contributed by atoms with Crippen LogP contribution in [-0.2, 0) is 4.74 Å². The molecule has 0 saturated carbocycles. The summed E-state index contributed by atoms with van der Waals surface area (Å²) in [7, 11) is 0. The molecule has 2 rings (SSSR count). The van der Waals surface area contributed by atoms with Crippen LogP contribution in [0.5, 0.6) is 0 Å². The lowest BCUT2D eigenvalue weighted by atomic mass is 9.89. The number of nitrogens with zero attached hydrogens (tertiary/aromatic N) is 1. The van der Waals surface area contributed by atoms with Gasteiger partial charge < -0.3 is 9.84 Å². The fraction of sp³-hybridized carbons (Fsp3) is 1.00. The van der Waals surface area contributed by atoms with E-state index in [-0.39, 0.29) is 6.04 Å². The first-order chi connectivity index (χ1) is 6.70.